The standard InChI is InChI=1S/C18H24N6O4/c1-3-5-6-7-8-10-22-15(19)11-16(23-10)24(9-21-11)18-13(26)12(25)14(28-18)17(27)20-4-2/h9,12-14,18,25-26H,3-6H2,1-2H3,(H,20,27)(H2,19,22,23)/t12-,13+,14+,18-/m1/s1. The molecule has 0 spiro atoms. The van der Waals surface area contributed by atoms with Crippen LogP contribution >= 0.6 is 0 Å². The van der Waals surface area contributed by atoms with Crippen LogP contribution in [0.4, 0.5) is 5.82 Å². The predicted octanol–water partition coefficient (Wildman–Crippen LogP) is -0.294. The minimum absolute atomic E-state index is 0.150. The van der Waals surface area contributed by atoms with Gasteiger partial charge >= 0.3 is 0 Å². The summed E-state index contributed by atoms with van der Waals surface area (Å²) in [7, 11) is 0. The van der Waals surface area contributed by atoms with E-state index in [-0.39, 0.29) is 11.6 Å². The molecule has 150 valence electrons. The number of likely N-dealkylation sites (N-methyl/N-ethyl adjacent to an activating group) is 1. The summed E-state index contributed by atoms with van der Waals surface area (Å²) in [5, 5.41) is 23.2. The van der Waals surface area contributed by atoms with E-state index in [1.54, 1.807) is 6.92 Å². The van der Waals surface area contributed by atoms with E-state index in [1.807, 2.05) is 0 Å². The highest BCUT2D eigenvalue weighted by atomic mass is 16.6. The minimum atomic E-state index is -1.39. The monoisotopic (exact) mass is 388 g/mol. The molecule has 0 aromatic carbocycles. The third-order valence-corrected chi connectivity index (χ3v) is 4.43. The Labute approximate surface area is 162 Å². The summed E-state index contributed by atoms with van der Waals surface area (Å²) in [5.41, 5.74) is 6.60. The zero-order chi connectivity index (χ0) is 20.3. The summed E-state index contributed by atoms with van der Waals surface area (Å²) >= 11 is 0. The number of imidazole rings is 1. The first-order valence-corrected chi connectivity index (χ1v) is 9.26. The SMILES string of the molecule is CCCCC#Cc1nc(N)c2ncn([C@@H]3O[C@H](C(=O)NCC)[C@H](O)[C@@H]3O)c2n1. The molecule has 0 aliphatic carbocycles. The molecule has 2 aromatic heterocycles. The van der Waals surface area contributed by atoms with E-state index >= 15 is 0 Å². The van der Waals surface area contributed by atoms with E-state index in [1.165, 1.54) is 10.9 Å². The average molecular weight is 388 g/mol. The number of nitrogens with zero attached hydrogens (tertiary/aromatic N) is 4. The number of nitrogens with one attached hydrogen (secondary N) is 1. The Morgan fingerprint density at radius 2 is 2.14 bits per heavy atom. The van der Waals surface area contributed by atoms with Gasteiger partial charge in [0, 0.05) is 13.0 Å². The number of aromatic nitrogens is 4. The normalized spacial score (nSPS) is 24.1. The number of aliphatic hydroxyl groups is 2. The Morgan fingerprint density at radius 1 is 1.36 bits per heavy atom. The van der Waals surface area contributed by atoms with Gasteiger partial charge in [0.15, 0.2) is 23.8 Å². The van der Waals surface area contributed by atoms with Crippen LogP contribution in [-0.4, -0.2) is 60.5 Å². The molecule has 1 aliphatic rings. The highest BCUT2D eigenvalue weighted by Crippen LogP contribution is 2.32. The lowest BCUT2D eigenvalue weighted by Gasteiger charge is -2.16. The number of carbonyl (C=O) groups is 1. The van der Waals surface area contributed by atoms with Gasteiger partial charge in [0.05, 0.1) is 6.33 Å². The summed E-state index contributed by atoms with van der Waals surface area (Å²) in [5.74, 6) is 5.75. The molecule has 3 heterocycles. The summed E-state index contributed by atoms with van der Waals surface area (Å²) < 4.78 is 7.05. The molecule has 0 radical (unpaired) electrons. The third-order valence-electron chi connectivity index (χ3n) is 4.43. The molecule has 10 nitrogen and oxygen atoms in total. The first kappa shape index (κ1) is 20.0. The molecule has 4 atom stereocenters. The van der Waals surface area contributed by atoms with E-state index in [0.717, 1.165) is 19.3 Å². The lowest BCUT2D eigenvalue weighted by atomic mass is 10.1. The van der Waals surface area contributed by atoms with Crippen LogP contribution in [0, 0.1) is 11.8 Å². The van der Waals surface area contributed by atoms with Crippen molar-refractivity contribution in [3.05, 3.63) is 12.2 Å². The van der Waals surface area contributed by atoms with Crippen LogP contribution in [0.3, 0.4) is 0 Å². The van der Waals surface area contributed by atoms with Gasteiger partial charge in [0.25, 0.3) is 5.91 Å². The molecule has 1 saturated heterocycles. The van der Waals surface area contributed by atoms with Crippen LogP contribution in [0.1, 0.15) is 45.2 Å². The molecular weight excluding hydrogens is 364 g/mol. The molecule has 1 fully saturated rings. The van der Waals surface area contributed by atoms with E-state index in [0.29, 0.717) is 17.7 Å². The molecule has 1 amide bonds. The Balaban J connectivity index is 1.93. The van der Waals surface area contributed by atoms with Crippen molar-refractivity contribution in [3.8, 4) is 11.8 Å². The lowest BCUT2D eigenvalue weighted by Crippen LogP contribution is -2.42. The smallest absolute Gasteiger partial charge is 0.252 e. The van der Waals surface area contributed by atoms with Crippen molar-refractivity contribution in [2.75, 3.05) is 12.3 Å². The second kappa shape index (κ2) is 8.52. The Hall–Kier alpha value is -2.74. The third kappa shape index (κ3) is 3.77. The van der Waals surface area contributed by atoms with Gasteiger partial charge in [-0.3, -0.25) is 9.36 Å². The van der Waals surface area contributed by atoms with Crippen molar-refractivity contribution in [3.63, 3.8) is 0 Å². The zero-order valence-corrected chi connectivity index (χ0v) is 15.8. The van der Waals surface area contributed by atoms with Crippen molar-refractivity contribution in [2.24, 2.45) is 0 Å². The van der Waals surface area contributed by atoms with Gasteiger partial charge < -0.3 is 26.0 Å². The summed E-state index contributed by atoms with van der Waals surface area (Å²) in [6.07, 6.45) is -0.874. The van der Waals surface area contributed by atoms with Crippen molar-refractivity contribution in [1.82, 2.24) is 24.8 Å². The number of nitrogen functional groups attached to an aromatic ring is 1. The Kier molecular flexibility index (Phi) is 6.08. The van der Waals surface area contributed by atoms with Crippen LogP contribution in [0.5, 0.6) is 0 Å². The molecular formula is C18H24N6O4. The van der Waals surface area contributed by atoms with Crippen molar-refractivity contribution in [2.45, 2.75) is 57.6 Å². The molecule has 3 rings (SSSR count). The molecule has 5 N–H and O–H groups in total. The summed E-state index contributed by atoms with van der Waals surface area (Å²) in [4.78, 5) is 24.7. The van der Waals surface area contributed by atoms with Crippen LogP contribution in [0.15, 0.2) is 6.33 Å². The van der Waals surface area contributed by atoms with E-state index in [9.17, 15) is 15.0 Å². The fourth-order valence-electron chi connectivity index (χ4n) is 2.97. The first-order chi connectivity index (χ1) is 13.5. The lowest BCUT2D eigenvalue weighted by molar-refractivity contribution is -0.137. The highest BCUT2D eigenvalue weighted by molar-refractivity contribution is 5.83. The fourth-order valence-corrected chi connectivity index (χ4v) is 2.97. The molecule has 2 aromatic rings. The van der Waals surface area contributed by atoms with Gasteiger partial charge in [-0.2, -0.15) is 0 Å². The largest absolute Gasteiger partial charge is 0.387 e. The molecule has 0 bridgehead atoms. The Bertz CT molecular complexity index is 918. The number of anilines is 1. The van der Waals surface area contributed by atoms with Crippen LogP contribution in [0.25, 0.3) is 11.2 Å². The molecule has 28 heavy (non-hydrogen) atoms. The average Bonchev–Trinajstić information content (AvgIpc) is 3.21. The number of aliphatic hydroxyl groups excluding tert-OH is 2. The second-order valence-corrected chi connectivity index (χ2v) is 6.48. The maximum Gasteiger partial charge on any atom is 0.252 e. The number of amides is 1. The van der Waals surface area contributed by atoms with E-state index < -0.39 is 30.4 Å². The van der Waals surface area contributed by atoms with Gasteiger partial charge in [-0.15, -0.1) is 0 Å². The number of fused-ring (bicyclic) bond motifs is 1. The van der Waals surface area contributed by atoms with Crippen LogP contribution in [-0.2, 0) is 9.53 Å². The fraction of sp³-hybridized carbons (Fsp3) is 0.556. The quantitative estimate of drug-likeness (QED) is 0.403. The summed E-state index contributed by atoms with van der Waals surface area (Å²) in [6.45, 7) is 4.21. The Morgan fingerprint density at radius 3 is 2.86 bits per heavy atom. The number of hydrogen-bond acceptors (Lipinski definition) is 8. The van der Waals surface area contributed by atoms with E-state index in [2.05, 4.69) is 39.0 Å². The molecule has 10 heteroatoms. The van der Waals surface area contributed by atoms with Crippen molar-refractivity contribution in [1.29, 1.82) is 0 Å². The van der Waals surface area contributed by atoms with Crippen LogP contribution in [0.2, 0.25) is 0 Å². The van der Waals surface area contributed by atoms with Crippen molar-refractivity contribution < 1.29 is 19.7 Å². The van der Waals surface area contributed by atoms with Crippen molar-refractivity contribution >= 4 is 22.9 Å². The maximum atomic E-state index is 12.1. The van der Waals surface area contributed by atoms with Gasteiger partial charge in [0.1, 0.15) is 17.7 Å². The number of rotatable bonds is 5. The number of carbonyl (C=O) groups excluding carboxylic acids is 1. The number of unbranched alkanes of at least 4 members (excludes halogenated alkanes) is 2. The highest BCUT2D eigenvalue weighted by Gasteiger charge is 2.47. The van der Waals surface area contributed by atoms with E-state index in [4.69, 9.17) is 10.5 Å². The minimum Gasteiger partial charge on any atom is -0.387 e. The predicted molar refractivity (Wildman–Crippen MR) is 101 cm³/mol. The van der Waals surface area contributed by atoms with Gasteiger partial charge in [-0.05, 0) is 19.3 Å². The van der Waals surface area contributed by atoms with Crippen LogP contribution < -0.4 is 11.1 Å². The van der Waals surface area contributed by atoms with Gasteiger partial charge in [0.2, 0.25) is 5.82 Å². The number of hydrogen-bond donors (Lipinski definition) is 4. The molecule has 0 unspecified atom stereocenters. The topological polar surface area (TPSA) is 148 Å². The van der Waals surface area contributed by atoms with Gasteiger partial charge in [-0.25, -0.2) is 15.0 Å². The first-order valence-electron chi connectivity index (χ1n) is 9.26. The number of nitrogens with two attached hydrogens (primary N) is 1. The second-order valence-electron chi connectivity index (χ2n) is 6.48. The molecule has 1 aliphatic heterocycles. The van der Waals surface area contributed by atoms with Gasteiger partial charge in [-0.1, -0.05) is 19.3 Å². The number of ether oxygens (including phenoxy) is 1. The summed E-state index contributed by atoms with van der Waals surface area (Å²) in [6, 6.07) is 0. The maximum absolute atomic E-state index is 12.1. The zero-order valence-electron chi connectivity index (χ0n) is 15.8. The molecule has 0 saturated carbocycles.